The summed E-state index contributed by atoms with van der Waals surface area (Å²) in [5, 5.41) is 8.56. The molecule has 0 aromatic rings. The van der Waals surface area contributed by atoms with E-state index in [1.165, 1.54) is 6.42 Å². The molecular formula is C9H15NO. The quantitative estimate of drug-likeness (QED) is 0.448. The fraction of sp³-hybridized carbons (Fsp3) is 0.667. The molecule has 0 aliphatic carbocycles. The molecule has 0 aromatic heterocycles. The van der Waals surface area contributed by atoms with Crippen LogP contribution in [0.3, 0.4) is 0 Å². The van der Waals surface area contributed by atoms with Crippen LogP contribution in [0.4, 0.5) is 0 Å². The summed E-state index contributed by atoms with van der Waals surface area (Å²) >= 11 is 0. The normalized spacial score (nSPS) is 11.2. The largest absolute Gasteiger partial charge is 0.379 e. The first-order valence-corrected chi connectivity index (χ1v) is 3.93. The smallest absolute Gasteiger partial charge is 0.0968 e. The highest BCUT2D eigenvalue weighted by Crippen LogP contribution is 2.00. The highest BCUT2D eigenvalue weighted by Gasteiger charge is 1.91. The first kappa shape index (κ1) is 10.2. The molecule has 0 aromatic carbocycles. The third-order valence-corrected chi connectivity index (χ3v) is 1.39. The molecule has 0 amide bonds. The fourth-order valence-electron chi connectivity index (χ4n) is 0.773. The van der Waals surface area contributed by atoms with E-state index in [2.05, 4.69) is 13.0 Å². The number of unbranched alkanes of at least 4 members (excludes halogenated alkanes) is 2. The Labute approximate surface area is 68.5 Å². The van der Waals surface area contributed by atoms with E-state index in [9.17, 15) is 0 Å². The zero-order valence-corrected chi connectivity index (χ0v) is 7.26. The topological polar surface area (TPSA) is 33.0 Å². The Hall–Kier alpha value is -0.810. The average molecular weight is 153 g/mol. The second-order valence-electron chi connectivity index (χ2n) is 2.42. The van der Waals surface area contributed by atoms with Crippen LogP contribution in [0.25, 0.3) is 0 Å². The van der Waals surface area contributed by atoms with Crippen LogP contribution >= 0.6 is 0 Å². The van der Waals surface area contributed by atoms with E-state index in [-0.39, 0.29) is 0 Å². The summed E-state index contributed by atoms with van der Waals surface area (Å²) in [6.07, 6.45) is 5.26. The zero-order chi connectivity index (χ0) is 8.53. The lowest BCUT2D eigenvalue weighted by Gasteiger charge is -1.95. The van der Waals surface area contributed by atoms with Gasteiger partial charge in [-0.3, -0.25) is 0 Å². The van der Waals surface area contributed by atoms with Crippen LogP contribution in [-0.2, 0) is 4.74 Å². The lowest BCUT2D eigenvalue weighted by Crippen LogP contribution is -1.91. The van der Waals surface area contributed by atoms with Crippen LogP contribution < -0.4 is 0 Å². The molecule has 0 aliphatic heterocycles. The Bertz CT molecular complexity index is 155. The van der Waals surface area contributed by atoms with Crippen molar-refractivity contribution in [2.75, 3.05) is 13.7 Å². The molecule has 0 unspecified atom stereocenters. The Morgan fingerprint density at radius 3 is 2.82 bits per heavy atom. The van der Waals surface area contributed by atoms with Gasteiger partial charge < -0.3 is 4.74 Å². The predicted octanol–water partition coefficient (Wildman–Crippen LogP) is 2.27. The van der Waals surface area contributed by atoms with Crippen molar-refractivity contribution in [3.05, 3.63) is 11.6 Å². The molecule has 0 aliphatic rings. The second-order valence-corrected chi connectivity index (χ2v) is 2.42. The highest BCUT2D eigenvalue weighted by molar-refractivity contribution is 5.20. The molecule has 0 spiro atoms. The van der Waals surface area contributed by atoms with Crippen LogP contribution in [0.15, 0.2) is 11.6 Å². The van der Waals surface area contributed by atoms with E-state index < -0.39 is 0 Å². The second kappa shape index (κ2) is 7.30. The Balaban J connectivity index is 3.64. The van der Waals surface area contributed by atoms with Crippen LogP contribution in [-0.4, -0.2) is 13.7 Å². The SMILES string of the molecule is CCCC/C=C(/C#N)COC. The van der Waals surface area contributed by atoms with Crippen molar-refractivity contribution in [3.8, 4) is 6.07 Å². The van der Waals surface area contributed by atoms with E-state index in [0.29, 0.717) is 6.61 Å². The van der Waals surface area contributed by atoms with Crippen molar-refractivity contribution >= 4 is 0 Å². The van der Waals surface area contributed by atoms with Crippen LogP contribution in [0.1, 0.15) is 26.2 Å². The maximum Gasteiger partial charge on any atom is 0.0968 e. The highest BCUT2D eigenvalue weighted by atomic mass is 16.5. The van der Waals surface area contributed by atoms with E-state index in [1.807, 2.05) is 6.08 Å². The van der Waals surface area contributed by atoms with Gasteiger partial charge in [-0.1, -0.05) is 25.8 Å². The van der Waals surface area contributed by atoms with Crippen molar-refractivity contribution in [2.24, 2.45) is 0 Å². The van der Waals surface area contributed by atoms with Gasteiger partial charge in [0.2, 0.25) is 0 Å². The van der Waals surface area contributed by atoms with Gasteiger partial charge in [0.05, 0.1) is 18.2 Å². The minimum absolute atomic E-state index is 0.445. The van der Waals surface area contributed by atoms with Crippen molar-refractivity contribution in [1.29, 1.82) is 5.26 Å². The van der Waals surface area contributed by atoms with Crippen molar-refractivity contribution in [1.82, 2.24) is 0 Å². The van der Waals surface area contributed by atoms with Gasteiger partial charge in [0.25, 0.3) is 0 Å². The van der Waals surface area contributed by atoms with Gasteiger partial charge in [-0.05, 0) is 6.42 Å². The van der Waals surface area contributed by atoms with Crippen LogP contribution in [0.2, 0.25) is 0 Å². The van der Waals surface area contributed by atoms with Gasteiger partial charge in [0, 0.05) is 7.11 Å². The maximum absolute atomic E-state index is 8.56. The monoisotopic (exact) mass is 153 g/mol. The van der Waals surface area contributed by atoms with Crippen LogP contribution in [0, 0.1) is 11.3 Å². The first-order chi connectivity index (χ1) is 5.35. The minimum Gasteiger partial charge on any atom is -0.379 e. The van der Waals surface area contributed by atoms with Gasteiger partial charge in [-0.25, -0.2) is 0 Å². The van der Waals surface area contributed by atoms with Crippen LogP contribution in [0.5, 0.6) is 0 Å². The number of nitriles is 1. The third-order valence-electron chi connectivity index (χ3n) is 1.39. The first-order valence-electron chi connectivity index (χ1n) is 3.93. The lowest BCUT2D eigenvalue weighted by atomic mass is 10.2. The summed E-state index contributed by atoms with van der Waals surface area (Å²) in [6.45, 7) is 2.58. The molecule has 0 saturated carbocycles. The van der Waals surface area contributed by atoms with Crippen molar-refractivity contribution in [2.45, 2.75) is 26.2 Å². The number of ether oxygens (including phenoxy) is 1. The minimum atomic E-state index is 0.445. The summed E-state index contributed by atoms with van der Waals surface area (Å²) in [5.41, 5.74) is 0.737. The number of allylic oxidation sites excluding steroid dienone is 1. The molecule has 11 heavy (non-hydrogen) atoms. The van der Waals surface area contributed by atoms with E-state index in [0.717, 1.165) is 18.4 Å². The molecule has 0 radical (unpaired) electrons. The Morgan fingerprint density at radius 1 is 1.64 bits per heavy atom. The van der Waals surface area contributed by atoms with Crippen molar-refractivity contribution < 1.29 is 4.74 Å². The summed E-state index contributed by atoms with van der Waals surface area (Å²) in [5.74, 6) is 0. The molecule has 62 valence electrons. The van der Waals surface area contributed by atoms with Crippen molar-refractivity contribution in [3.63, 3.8) is 0 Å². The number of nitrogens with zero attached hydrogens (tertiary/aromatic N) is 1. The van der Waals surface area contributed by atoms with E-state index in [4.69, 9.17) is 10.00 Å². The summed E-state index contributed by atoms with van der Waals surface area (Å²) in [4.78, 5) is 0. The molecule has 0 atom stereocenters. The molecule has 0 heterocycles. The molecule has 2 nitrogen and oxygen atoms in total. The fourth-order valence-corrected chi connectivity index (χ4v) is 0.773. The predicted molar refractivity (Wildman–Crippen MR) is 45.1 cm³/mol. The number of hydrogen-bond donors (Lipinski definition) is 0. The summed E-state index contributed by atoms with van der Waals surface area (Å²) in [7, 11) is 1.60. The number of hydrogen-bond acceptors (Lipinski definition) is 2. The summed E-state index contributed by atoms with van der Waals surface area (Å²) < 4.78 is 4.83. The molecule has 0 N–H and O–H groups in total. The molecule has 0 rings (SSSR count). The summed E-state index contributed by atoms with van der Waals surface area (Å²) in [6, 6.07) is 2.10. The molecular weight excluding hydrogens is 138 g/mol. The van der Waals surface area contributed by atoms with Gasteiger partial charge in [0.15, 0.2) is 0 Å². The molecule has 0 saturated heterocycles. The Kier molecular flexibility index (Phi) is 6.76. The van der Waals surface area contributed by atoms with E-state index >= 15 is 0 Å². The number of rotatable bonds is 5. The molecule has 2 heteroatoms. The van der Waals surface area contributed by atoms with Gasteiger partial charge in [-0.15, -0.1) is 0 Å². The lowest BCUT2D eigenvalue weighted by molar-refractivity contribution is 0.228. The van der Waals surface area contributed by atoms with E-state index in [1.54, 1.807) is 7.11 Å². The third kappa shape index (κ3) is 5.63. The van der Waals surface area contributed by atoms with Gasteiger partial charge in [-0.2, -0.15) is 5.26 Å². The standard InChI is InChI=1S/C9H15NO/c1-3-4-5-6-9(7-10)8-11-2/h6H,3-5,8H2,1-2H3/b9-6-. The van der Waals surface area contributed by atoms with Gasteiger partial charge >= 0.3 is 0 Å². The zero-order valence-electron chi connectivity index (χ0n) is 7.26. The Morgan fingerprint density at radius 2 is 2.36 bits per heavy atom. The van der Waals surface area contributed by atoms with Gasteiger partial charge in [0.1, 0.15) is 0 Å². The molecule has 0 fully saturated rings. The molecule has 0 bridgehead atoms. The maximum atomic E-state index is 8.56. The average Bonchev–Trinajstić information content (AvgIpc) is 2.03. The number of methoxy groups -OCH3 is 1.